The Hall–Kier alpha value is -4.18. The van der Waals surface area contributed by atoms with Gasteiger partial charge in [-0.3, -0.25) is 0 Å². The van der Waals surface area contributed by atoms with Gasteiger partial charge in [-0.05, 0) is 81.9 Å². The summed E-state index contributed by atoms with van der Waals surface area (Å²) in [6, 6.07) is 27.7. The first kappa shape index (κ1) is 20.1. The van der Waals surface area contributed by atoms with Crippen LogP contribution < -0.4 is 9.80 Å². The molecule has 0 bridgehead atoms. The van der Waals surface area contributed by atoms with E-state index < -0.39 is 0 Å². The summed E-state index contributed by atoms with van der Waals surface area (Å²) in [5.74, 6) is -0.407. The molecule has 0 saturated heterocycles. The first-order valence-corrected chi connectivity index (χ1v) is 12.5. The molecule has 8 rings (SSSR count). The lowest BCUT2D eigenvalue weighted by atomic mass is 9.92. The van der Waals surface area contributed by atoms with Crippen LogP contribution in [0.15, 0.2) is 84.9 Å². The lowest BCUT2D eigenvalue weighted by Gasteiger charge is -2.25. The fourth-order valence-electron chi connectivity index (χ4n) is 6.45. The second-order valence-electron chi connectivity index (χ2n) is 9.94. The second kappa shape index (κ2) is 7.17. The zero-order valence-electron chi connectivity index (χ0n) is 19.6. The van der Waals surface area contributed by atoms with Crippen molar-refractivity contribution in [2.75, 3.05) is 22.9 Å². The van der Waals surface area contributed by atoms with Gasteiger partial charge in [-0.2, -0.15) is 0 Å². The van der Waals surface area contributed by atoms with Crippen molar-refractivity contribution in [3.63, 3.8) is 0 Å². The van der Waals surface area contributed by atoms with Gasteiger partial charge in [0.05, 0.1) is 0 Å². The Bertz CT molecular complexity index is 1710. The van der Waals surface area contributed by atoms with Crippen molar-refractivity contribution in [2.24, 2.45) is 0 Å². The molecule has 2 aliphatic heterocycles. The molecule has 2 aliphatic rings. The van der Waals surface area contributed by atoms with E-state index in [0.717, 1.165) is 48.7 Å². The van der Waals surface area contributed by atoms with Crippen LogP contribution in [-0.2, 0) is 12.8 Å². The Kier molecular flexibility index (Phi) is 4.00. The number of rotatable bonds is 2. The Morgan fingerprint density at radius 1 is 0.472 bits per heavy atom. The Labute approximate surface area is 207 Å². The standard InChI is InChI=1S/C32H22F2N2/c33-23-7-1-19-13-15-35(29(19)17-23)27-11-5-21-4-10-26-28(12-6-22-3-9-25(27)31(21)32(22)26)36-16-14-20-2-8-24(34)18-30(20)36/h1-12,17-18H,13-16H2. The largest absolute Gasteiger partial charge is 0.340 e. The minimum absolute atomic E-state index is 0.203. The average Bonchev–Trinajstić information content (AvgIpc) is 3.50. The molecule has 0 aromatic heterocycles. The third-order valence-corrected chi connectivity index (χ3v) is 8.09. The number of halogens is 2. The van der Waals surface area contributed by atoms with E-state index in [0.29, 0.717) is 0 Å². The predicted octanol–water partition coefficient (Wildman–Crippen LogP) is 8.25. The monoisotopic (exact) mass is 472 g/mol. The molecule has 4 heteroatoms. The van der Waals surface area contributed by atoms with E-state index in [4.69, 9.17) is 0 Å². The van der Waals surface area contributed by atoms with Crippen LogP contribution in [0, 0.1) is 11.6 Å². The fraction of sp³-hybridized carbons (Fsp3) is 0.125. The van der Waals surface area contributed by atoms with E-state index in [-0.39, 0.29) is 11.6 Å². The molecular formula is C32H22F2N2. The number of fused-ring (bicyclic) bond motifs is 2. The highest BCUT2D eigenvalue weighted by atomic mass is 19.1. The summed E-state index contributed by atoms with van der Waals surface area (Å²) >= 11 is 0. The zero-order valence-corrected chi connectivity index (χ0v) is 19.6. The van der Waals surface area contributed by atoms with Crippen molar-refractivity contribution in [1.29, 1.82) is 0 Å². The smallest absolute Gasteiger partial charge is 0.125 e. The Morgan fingerprint density at radius 3 is 1.39 bits per heavy atom. The molecule has 0 N–H and O–H groups in total. The maximum Gasteiger partial charge on any atom is 0.125 e. The van der Waals surface area contributed by atoms with E-state index in [1.54, 1.807) is 24.3 Å². The van der Waals surface area contributed by atoms with Crippen LogP contribution >= 0.6 is 0 Å². The first-order valence-electron chi connectivity index (χ1n) is 12.5. The molecule has 36 heavy (non-hydrogen) atoms. The van der Waals surface area contributed by atoms with Crippen molar-refractivity contribution < 1.29 is 8.78 Å². The summed E-state index contributed by atoms with van der Waals surface area (Å²) in [5, 5.41) is 7.19. The van der Waals surface area contributed by atoms with Crippen molar-refractivity contribution in [2.45, 2.75) is 12.8 Å². The first-order chi connectivity index (χ1) is 17.7. The summed E-state index contributed by atoms with van der Waals surface area (Å²) in [6.07, 6.45) is 1.82. The van der Waals surface area contributed by atoms with E-state index in [9.17, 15) is 8.78 Å². The minimum atomic E-state index is -0.203. The number of hydrogen-bond donors (Lipinski definition) is 0. The van der Waals surface area contributed by atoms with Crippen molar-refractivity contribution in [3.8, 4) is 0 Å². The van der Waals surface area contributed by atoms with Gasteiger partial charge in [0, 0.05) is 46.6 Å². The number of nitrogens with zero attached hydrogens (tertiary/aromatic N) is 2. The highest BCUT2D eigenvalue weighted by molar-refractivity contribution is 6.27. The van der Waals surface area contributed by atoms with Gasteiger partial charge in [0.15, 0.2) is 0 Å². The SMILES string of the molecule is Fc1ccc2c(c1)N(c1ccc3ccc4c(N5CCc6ccc(F)cc65)ccc5ccc1c3c54)CC2. The Morgan fingerprint density at radius 2 is 0.917 bits per heavy atom. The molecule has 0 spiro atoms. The highest BCUT2D eigenvalue weighted by Gasteiger charge is 2.26. The third kappa shape index (κ3) is 2.70. The number of hydrogen-bond acceptors (Lipinski definition) is 2. The average molecular weight is 473 g/mol. The van der Waals surface area contributed by atoms with Gasteiger partial charge in [-0.15, -0.1) is 0 Å². The molecule has 0 aliphatic carbocycles. The van der Waals surface area contributed by atoms with Crippen molar-refractivity contribution in [3.05, 3.63) is 108 Å². The van der Waals surface area contributed by atoms with Gasteiger partial charge in [0.25, 0.3) is 0 Å². The molecule has 0 atom stereocenters. The molecule has 2 nitrogen and oxygen atoms in total. The summed E-state index contributed by atoms with van der Waals surface area (Å²) in [4.78, 5) is 4.51. The molecule has 0 radical (unpaired) electrons. The van der Waals surface area contributed by atoms with E-state index in [1.807, 2.05) is 12.1 Å². The molecule has 0 saturated carbocycles. The fourth-order valence-corrected chi connectivity index (χ4v) is 6.45. The van der Waals surface area contributed by atoms with Gasteiger partial charge in [-0.25, -0.2) is 8.78 Å². The highest BCUT2D eigenvalue weighted by Crippen LogP contribution is 2.46. The summed E-state index contributed by atoms with van der Waals surface area (Å²) in [7, 11) is 0. The van der Waals surface area contributed by atoms with Crippen LogP contribution in [0.5, 0.6) is 0 Å². The molecule has 6 aromatic carbocycles. The molecule has 2 heterocycles. The van der Waals surface area contributed by atoms with Gasteiger partial charge in [0.2, 0.25) is 0 Å². The van der Waals surface area contributed by atoms with Crippen LogP contribution in [0.4, 0.5) is 31.5 Å². The van der Waals surface area contributed by atoms with E-state index in [1.165, 1.54) is 43.4 Å². The second-order valence-corrected chi connectivity index (χ2v) is 9.94. The normalized spacial score (nSPS) is 14.9. The van der Waals surface area contributed by atoms with Gasteiger partial charge in [-0.1, -0.05) is 48.5 Å². The summed E-state index contributed by atoms with van der Waals surface area (Å²) < 4.78 is 28.3. The molecule has 0 amide bonds. The van der Waals surface area contributed by atoms with Crippen molar-refractivity contribution >= 4 is 55.1 Å². The van der Waals surface area contributed by atoms with Gasteiger partial charge >= 0.3 is 0 Å². The summed E-state index contributed by atoms with van der Waals surface area (Å²) in [5.41, 5.74) is 6.51. The van der Waals surface area contributed by atoms with Crippen molar-refractivity contribution in [1.82, 2.24) is 0 Å². The van der Waals surface area contributed by atoms with Crippen LogP contribution in [-0.4, -0.2) is 13.1 Å². The predicted molar refractivity (Wildman–Crippen MR) is 144 cm³/mol. The maximum atomic E-state index is 14.2. The molecule has 174 valence electrons. The third-order valence-electron chi connectivity index (χ3n) is 8.09. The van der Waals surface area contributed by atoms with Crippen LogP contribution in [0.2, 0.25) is 0 Å². The lowest BCUT2D eigenvalue weighted by Crippen LogP contribution is -2.14. The molecule has 6 aromatic rings. The number of anilines is 4. The molecule has 0 unspecified atom stereocenters. The van der Waals surface area contributed by atoms with E-state index >= 15 is 0 Å². The summed E-state index contributed by atoms with van der Waals surface area (Å²) in [6.45, 7) is 1.67. The van der Waals surface area contributed by atoms with Crippen LogP contribution in [0.25, 0.3) is 32.3 Å². The van der Waals surface area contributed by atoms with Gasteiger partial charge in [0.1, 0.15) is 11.6 Å². The van der Waals surface area contributed by atoms with Crippen LogP contribution in [0.1, 0.15) is 11.1 Å². The Balaban J connectivity index is 1.37. The maximum absolute atomic E-state index is 14.2. The number of benzene rings is 6. The lowest BCUT2D eigenvalue weighted by molar-refractivity contribution is 0.627. The van der Waals surface area contributed by atoms with E-state index in [2.05, 4.69) is 58.3 Å². The molecule has 0 fully saturated rings. The van der Waals surface area contributed by atoms with Gasteiger partial charge < -0.3 is 9.80 Å². The zero-order chi connectivity index (χ0) is 24.0. The molecular weight excluding hydrogens is 450 g/mol. The van der Waals surface area contributed by atoms with Crippen LogP contribution in [0.3, 0.4) is 0 Å². The quantitative estimate of drug-likeness (QED) is 0.234. The topological polar surface area (TPSA) is 6.48 Å². The minimum Gasteiger partial charge on any atom is -0.340 e.